The molecule has 0 saturated heterocycles. The maximum Gasteiger partial charge on any atom is 0.308 e. The molecule has 0 atom stereocenters. The average molecular weight is 326 g/mol. The van der Waals surface area contributed by atoms with Crippen molar-refractivity contribution in [2.24, 2.45) is 0 Å². The summed E-state index contributed by atoms with van der Waals surface area (Å²) in [6.07, 6.45) is 1.10. The molecule has 0 unspecified atom stereocenters. The molecular weight excluding hydrogens is 312 g/mol. The zero-order valence-corrected chi connectivity index (χ0v) is 13.1. The standard InChI is InChI=1S/C18H14O6/c1-11(21)23-17-13(9-19)5-3-7-15(17)16-8-4-6-14(10-20)18(16)24-12(2)22/h3-10H,1-2H3. The van der Waals surface area contributed by atoms with Gasteiger partial charge in [-0.1, -0.05) is 24.3 Å². The van der Waals surface area contributed by atoms with Crippen molar-refractivity contribution in [2.45, 2.75) is 13.8 Å². The molecule has 0 fully saturated rings. The molecule has 0 N–H and O–H groups in total. The SMILES string of the molecule is CC(=O)Oc1c(C=O)cccc1-c1cccc(C=O)c1OC(C)=O. The Kier molecular flexibility index (Phi) is 5.21. The van der Waals surface area contributed by atoms with Crippen LogP contribution in [0.3, 0.4) is 0 Å². The summed E-state index contributed by atoms with van der Waals surface area (Å²) in [5.74, 6) is -1.13. The van der Waals surface area contributed by atoms with Crippen molar-refractivity contribution in [3.05, 3.63) is 47.5 Å². The molecule has 0 aromatic heterocycles. The molecule has 0 saturated carbocycles. The third-order valence-electron chi connectivity index (χ3n) is 3.13. The van der Waals surface area contributed by atoms with E-state index in [1.807, 2.05) is 0 Å². The number of carbonyl (C=O) groups is 4. The Balaban J connectivity index is 2.76. The number of hydrogen-bond acceptors (Lipinski definition) is 6. The fraction of sp³-hybridized carbons (Fsp3) is 0.111. The van der Waals surface area contributed by atoms with Crippen LogP contribution < -0.4 is 9.47 Å². The van der Waals surface area contributed by atoms with Crippen LogP contribution in [-0.2, 0) is 9.59 Å². The smallest absolute Gasteiger partial charge is 0.308 e. The van der Waals surface area contributed by atoms with E-state index in [0.717, 1.165) is 0 Å². The van der Waals surface area contributed by atoms with Crippen molar-refractivity contribution in [1.29, 1.82) is 0 Å². The first-order chi connectivity index (χ1) is 11.5. The third-order valence-corrected chi connectivity index (χ3v) is 3.13. The molecule has 6 heteroatoms. The molecule has 0 aliphatic heterocycles. The van der Waals surface area contributed by atoms with Gasteiger partial charge in [-0.3, -0.25) is 19.2 Å². The lowest BCUT2D eigenvalue weighted by Crippen LogP contribution is -2.08. The first-order valence-corrected chi connectivity index (χ1v) is 7.01. The van der Waals surface area contributed by atoms with Gasteiger partial charge in [-0.25, -0.2) is 0 Å². The van der Waals surface area contributed by atoms with E-state index in [1.165, 1.54) is 26.0 Å². The summed E-state index contributed by atoms with van der Waals surface area (Å²) >= 11 is 0. The zero-order chi connectivity index (χ0) is 17.7. The molecule has 0 bridgehead atoms. The van der Waals surface area contributed by atoms with Crippen LogP contribution in [0.15, 0.2) is 36.4 Å². The zero-order valence-electron chi connectivity index (χ0n) is 13.1. The Morgan fingerprint density at radius 1 is 0.750 bits per heavy atom. The molecule has 6 nitrogen and oxygen atoms in total. The normalized spacial score (nSPS) is 9.92. The fourth-order valence-corrected chi connectivity index (χ4v) is 2.23. The van der Waals surface area contributed by atoms with Gasteiger partial charge >= 0.3 is 11.9 Å². The number of ether oxygens (including phenoxy) is 2. The van der Waals surface area contributed by atoms with Crippen LogP contribution in [0, 0.1) is 0 Å². The number of hydrogen-bond donors (Lipinski definition) is 0. The van der Waals surface area contributed by atoms with Gasteiger partial charge in [0.05, 0.1) is 11.1 Å². The minimum absolute atomic E-state index is 0.0384. The second kappa shape index (κ2) is 7.32. The number of para-hydroxylation sites is 2. The van der Waals surface area contributed by atoms with Gasteiger partial charge in [0.25, 0.3) is 0 Å². The lowest BCUT2D eigenvalue weighted by atomic mass is 9.98. The van der Waals surface area contributed by atoms with E-state index in [4.69, 9.17) is 9.47 Å². The minimum Gasteiger partial charge on any atom is -0.425 e. The molecule has 24 heavy (non-hydrogen) atoms. The quantitative estimate of drug-likeness (QED) is 0.477. The molecule has 0 heterocycles. The van der Waals surface area contributed by atoms with Gasteiger partial charge in [0, 0.05) is 25.0 Å². The molecule has 2 rings (SSSR count). The topological polar surface area (TPSA) is 86.7 Å². The summed E-state index contributed by atoms with van der Waals surface area (Å²) in [5, 5.41) is 0. The predicted octanol–water partition coefficient (Wildman–Crippen LogP) is 2.83. The lowest BCUT2D eigenvalue weighted by molar-refractivity contribution is -0.132. The van der Waals surface area contributed by atoms with E-state index in [9.17, 15) is 19.2 Å². The monoisotopic (exact) mass is 326 g/mol. The predicted molar refractivity (Wildman–Crippen MR) is 85.3 cm³/mol. The molecule has 0 amide bonds. The minimum atomic E-state index is -0.605. The van der Waals surface area contributed by atoms with E-state index in [2.05, 4.69) is 0 Å². The summed E-state index contributed by atoms with van der Waals surface area (Å²) in [6, 6.07) is 9.37. The highest BCUT2D eigenvalue weighted by molar-refractivity contribution is 5.93. The van der Waals surface area contributed by atoms with Crippen molar-refractivity contribution >= 4 is 24.5 Å². The van der Waals surface area contributed by atoms with Crippen molar-refractivity contribution in [3.63, 3.8) is 0 Å². The first-order valence-electron chi connectivity index (χ1n) is 7.01. The second-order valence-electron chi connectivity index (χ2n) is 4.87. The highest BCUT2D eigenvalue weighted by Crippen LogP contribution is 2.39. The van der Waals surface area contributed by atoms with E-state index in [0.29, 0.717) is 23.7 Å². The molecular formula is C18H14O6. The van der Waals surface area contributed by atoms with Crippen LogP contribution in [0.1, 0.15) is 34.6 Å². The van der Waals surface area contributed by atoms with Crippen molar-refractivity contribution in [1.82, 2.24) is 0 Å². The van der Waals surface area contributed by atoms with Crippen LogP contribution in [0.2, 0.25) is 0 Å². The van der Waals surface area contributed by atoms with Crippen LogP contribution in [0.4, 0.5) is 0 Å². The molecule has 122 valence electrons. The summed E-state index contributed by atoms with van der Waals surface area (Å²) in [6.45, 7) is 2.42. The van der Waals surface area contributed by atoms with Crippen molar-refractivity contribution < 1.29 is 28.7 Å². The Hall–Kier alpha value is -3.28. The van der Waals surface area contributed by atoms with Crippen LogP contribution in [0.5, 0.6) is 11.5 Å². The van der Waals surface area contributed by atoms with Crippen LogP contribution in [-0.4, -0.2) is 24.5 Å². The number of carbonyl (C=O) groups excluding carboxylic acids is 4. The first kappa shape index (κ1) is 17.1. The second-order valence-corrected chi connectivity index (χ2v) is 4.87. The number of rotatable bonds is 5. The Bertz CT molecular complexity index is 753. The maximum absolute atomic E-state index is 11.4. The Labute approximate surface area is 138 Å². The van der Waals surface area contributed by atoms with E-state index in [-0.39, 0.29) is 22.6 Å². The molecule has 0 aliphatic rings. The van der Waals surface area contributed by atoms with Gasteiger partial charge < -0.3 is 9.47 Å². The van der Waals surface area contributed by atoms with Crippen LogP contribution >= 0.6 is 0 Å². The Morgan fingerprint density at radius 2 is 1.12 bits per heavy atom. The Morgan fingerprint density at radius 3 is 1.42 bits per heavy atom. The maximum atomic E-state index is 11.4. The molecule has 2 aromatic rings. The van der Waals surface area contributed by atoms with Gasteiger partial charge in [-0.2, -0.15) is 0 Å². The number of benzene rings is 2. The van der Waals surface area contributed by atoms with Gasteiger partial charge in [-0.15, -0.1) is 0 Å². The van der Waals surface area contributed by atoms with Gasteiger partial charge in [0.2, 0.25) is 0 Å². The lowest BCUT2D eigenvalue weighted by Gasteiger charge is -2.15. The highest BCUT2D eigenvalue weighted by atomic mass is 16.5. The van der Waals surface area contributed by atoms with E-state index >= 15 is 0 Å². The molecule has 0 radical (unpaired) electrons. The third kappa shape index (κ3) is 3.55. The fourth-order valence-electron chi connectivity index (χ4n) is 2.23. The molecule has 0 aliphatic carbocycles. The number of esters is 2. The van der Waals surface area contributed by atoms with Gasteiger partial charge in [0.15, 0.2) is 12.6 Å². The van der Waals surface area contributed by atoms with Crippen molar-refractivity contribution in [3.8, 4) is 22.6 Å². The van der Waals surface area contributed by atoms with Gasteiger partial charge in [0.1, 0.15) is 11.5 Å². The number of aldehydes is 2. The summed E-state index contributed by atoms with van der Waals surface area (Å²) in [5.41, 5.74) is 1.03. The largest absolute Gasteiger partial charge is 0.425 e. The molecule has 0 spiro atoms. The molecule has 2 aromatic carbocycles. The van der Waals surface area contributed by atoms with E-state index < -0.39 is 11.9 Å². The van der Waals surface area contributed by atoms with Crippen LogP contribution in [0.25, 0.3) is 11.1 Å². The average Bonchev–Trinajstić information content (AvgIpc) is 2.54. The summed E-state index contributed by atoms with van der Waals surface area (Å²) in [7, 11) is 0. The highest BCUT2D eigenvalue weighted by Gasteiger charge is 2.19. The summed E-state index contributed by atoms with van der Waals surface area (Å²) < 4.78 is 10.3. The van der Waals surface area contributed by atoms with E-state index in [1.54, 1.807) is 24.3 Å². The van der Waals surface area contributed by atoms with Crippen molar-refractivity contribution in [2.75, 3.05) is 0 Å². The summed E-state index contributed by atoms with van der Waals surface area (Å²) in [4.78, 5) is 45.2. The van der Waals surface area contributed by atoms with Gasteiger partial charge in [-0.05, 0) is 12.1 Å².